The lowest BCUT2D eigenvalue weighted by molar-refractivity contribution is 0.146. The van der Waals surface area contributed by atoms with Crippen LogP contribution in [0.15, 0.2) is 54.6 Å². The van der Waals surface area contributed by atoms with Crippen molar-refractivity contribution in [3.05, 3.63) is 70.8 Å². The van der Waals surface area contributed by atoms with Gasteiger partial charge in [-0.2, -0.15) is 0 Å². The van der Waals surface area contributed by atoms with E-state index in [4.69, 9.17) is 21.1 Å². The van der Waals surface area contributed by atoms with Crippen LogP contribution in [0.5, 0.6) is 5.75 Å². The molecule has 3 atom stereocenters. The molecular weight excluding hydrogens is 334 g/mol. The van der Waals surface area contributed by atoms with E-state index in [2.05, 4.69) is 41.7 Å². The maximum absolute atomic E-state index is 6.48. The normalized spacial score (nSPS) is 23.7. The molecular formula is C21H22ClNO2. The largest absolute Gasteiger partial charge is 0.491 e. The highest BCUT2D eigenvalue weighted by Crippen LogP contribution is 2.51. The predicted octanol–water partition coefficient (Wildman–Crippen LogP) is 5.19. The molecule has 2 aromatic rings. The number of methoxy groups -OCH3 is 1. The molecule has 0 aromatic heterocycles. The van der Waals surface area contributed by atoms with E-state index in [-0.39, 0.29) is 6.04 Å². The summed E-state index contributed by atoms with van der Waals surface area (Å²) in [5, 5.41) is 4.54. The molecule has 0 amide bonds. The predicted molar refractivity (Wildman–Crippen MR) is 102 cm³/mol. The number of rotatable bonds is 5. The van der Waals surface area contributed by atoms with Gasteiger partial charge in [0.05, 0.1) is 12.6 Å². The van der Waals surface area contributed by atoms with E-state index in [9.17, 15) is 0 Å². The molecule has 4 heteroatoms. The van der Waals surface area contributed by atoms with Crippen molar-refractivity contribution in [1.29, 1.82) is 0 Å². The maximum Gasteiger partial charge on any atom is 0.119 e. The van der Waals surface area contributed by atoms with E-state index < -0.39 is 0 Å². The molecule has 2 aromatic carbocycles. The third kappa shape index (κ3) is 3.14. The fourth-order valence-electron chi connectivity index (χ4n) is 3.94. The zero-order chi connectivity index (χ0) is 17.2. The fourth-order valence-corrected chi connectivity index (χ4v) is 4.19. The van der Waals surface area contributed by atoms with E-state index in [1.165, 1.54) is 11.1 Å². The highest BCUT2D eigenvalue weighted by molar-refractivity contribution is 6.31. The minimum Gasteiger partial charge on any atom is -0.491 e. The molecule has 0 bridgehead atoms. The molecule has 0 saturated carbocycles. The summed E-state index contributed by atoms with van der Waals surface area (Å²) in [4.78, 5) is 0. The van der Waals surface area contributed by atoms with Crippen LogP contribution in [0.3, 0.4) is 0 Å². The second kappa shape index (κ2) is 7.11. The summed E-state index contributed by atoms with van der Waals surface area (Å²) in [6, 6.07) is 14.7. The lowest BCUT2D eigenvalue weighted by atomic mass is 9.77. The standard InChI is InChI=1S/C21H22ClNO2/c1-24-11-12-25-14-9-10-20-18(13-14)15-6-4-7-16(15)21(23-20)17-5-2-3-8-19(17)22/h2-6,8-10,13,15-16,21,23H,7,11-12H2,1H3. The van der Waals surface area contributed by atoms with Gasteiger partial charge in [-0.15, -0.1) is 0 Å². The second-order valence-corrected chi connectivity index (χ2v) is 6.99. The van der Waals surface area contributed by atoms with E-state index in [1.807, 2.05) is 18.2 Å². The summed E-state index contributed by atoms with van der Waals surface area (Å²) < 4.78 is 10.9. The van der Waals surface area contributed by atoms with Crippen molar-refractivity contribution in [3.8, 4) is 5.75 Å². The SMILES string of the molecule is COCCOc1ccc2c(c1)C1C=CCC1C(c1ccccc1Cl)N2. The number of anilines is 1. The highest BCUT2D eigenvalue weighted by atomic mass is 35.5. The Morgan fingerprint density at radius 1 is 1.12 bits per heavy atom. The average molecular weight is 356 g/mol. The van der Waals surface area contributed by atoms with Gasteiger partial charge in [0.15, 0.2) is 0 Å². The number of ether oxygens (including phenoxy) is 2. The first-order valence-electron chi connectivity index (χ1n) is 8.71. The smallest absolute Gasteiger partial charge is 0.119 e. The summed E-state index contributed by atoms with van der Waals surface area (Å²) >= 11 is 6.48. The van der Waals surface area contributed by atoms with Gasteiger partial charge in [0.2, 0.25) is 0 Å². The fraction of sp³-hybridized carbons (Fsp3) is 0.333. The Morgan fingerprint density at radius 3 is 2.84 bits per heavy atom. The van der Waals surface area contributed by atoms with Crippen LogP contribution >= 0.6 is 11.6 Å². The van der Waals surface area contributed by atoms with Crippen molar-refractivity contribution in [2.24, 2.45) is 5.92 Å². The third-order valence-corrected chi connectivity index (χ3v) is 5.47. The molecule has 3 unspecified atom stereocenters. The molecule has 0 fully saturated rings. The van der Waals surface area contributed by atoms with Crippen LogP contribution in [-0.4, -0.2) is 20.3 Å². The van der Waals surface area contributed by atoms with Crippen molar-refractivity contribution in [3.63, 3.8) is 0 Å². The van der Waals surface area contributed by atoms with Crippen LogP contribution in [0.25, 0.3) is 0 Å². The van der Waals surface area contributed by atoms with Crippen LogP contribution in [-0.2, 0) is 4.74 Å². The van der Waals surface area contributed by atoms with Gasteiger partial charge in [-0.3, -0.25) is 0 Å². The Balaban J connectivity index is 1.65. The van der Waals surface area contributed by atoms with Gasteiger partial charge in [-0.25, -0.2) is 0 Å². The van der Waals surface area contributed by atoms with Gasteiger partial charge >= 0.3 is 0 Å². The summed E-state index contributed by atoms with van der Waals surface area (Å²) in [7, 11) is 1.68. The van der Waals surface area contributed by atoms with E-state index in [0.717, 1.165) is 22.9 Å². The minimum atomic E-state index is 0.224. The molecule has 0 saturated heterocycles. The van der Waals surface area contributed by atoms with Gasteiger partial charge in [0.25, 0.3) is 0 Å². The van der Waals surface area contributed by atoms with Crippen LogP contribution in [0, 0.1) is 5.92 Å². The van der Waals surface area contributed by atoms with E-state index in [0.29, 0.717) is 25.0 Å². The first-order valence-corrected chi connectivity index (χ1v) is 9.09. The van der Waals surface area contributed by atoms with E-state index >= 15 is 0 Å². The Bertz CT molecular complexity index is 789. The van der Waals surface area contributed by atoms with Crippen molar-refractivity contribution >= 4 is 17.3 Å². The molecule has 0 spiro atoms. The number of halogens is 1. The number of fused-ring (bicyclic) bond motifs is 3. The maximum atomic E-state index is 6.48. The quantitative estimate of drug-likeness (QED) is 0.591. The van der Waals surface area contributed by atoms with Gasteiger partial charge in [0.1, 0.15) is 12.4 Å². The summed E-state index contributed by atoms with van der Waals surface area (Å²) in [6.45, 7) is 1.16. The van der Waals surface area contributed by atoms with Crippen molar-refractivity contribution in [1.82, 2.24) is 0 Å². The first kappa shape index (κ1) is 16.5. The van der Waals surface area contributed by atoms with Gasteiger partial charge < -0.3 is 14.8 Å². The monoisotopic (exact) mass is 355 g/mol. The minimum absolute atomic E-state index is 0.224. The third-order valence-electron chi connectivity index (χ3n) is 5.13. The lowest BCUT2D eigenvalue weighted by Crippen LogP contribution is -2.29. The molecule has 1 aliphatic heterocycles. The molecule has 2 aliphatic rings. The lowest BCUT2D eigenvalue weighted by Gasteiger charge is -2.38. The summed E-state index contributed by atoms with van der Waals surface area (Å²) in [6.07, 6.45) is 5.67. The zero-order valence-electron chi connectivity index (χ0n) is 14.2. The molecule has 1 aliphatic carbocycles. The molecule has 4 rings (SSSR count). The number of allylic oxidation sites excluding steroid dienone is 2. The summed E-state index contributed by atoms with van der Waals surface area (Å²) in [5.41, 5.74) is 3.64. The molecule has 1 N–H and O–H groups in total. The number of hydrogen-bond donors (Lipinski definition) is 1. The molecule has 1 heterocycles. The highest BCUT2D eigenvalue weighted by Gasteiger charge is 2.38. The number of benzene rings is 2. The summed E-state index contributed by atoms with van der Waals surface area (Å²) in [5.74, 6) is 1.76. The Kier molecular flexibility index (Phi) is 4.69. The molecule has 3 nitrogen and oxygen atoms in total. The molecule has 130 valence electrons. The topological polar surface area (TPSA) is 30.5 Å². The van der Waals surface area contributed by atoms with Gasteiger partial charge in [0, 0.05) is 23.7 Å². The Labute approximate surface area is 153 Å². The van der Waals surface area contributed by atoms with Crippen LogP contribution < -0.4 is 10.1 Å². The average Bonchev–Trinajstić information content (AvgIpc) is 3.12. The van der Waals surface area contributed by atoms with Crippen molar-refractivity contribution in [2.75, 3.05) is 25.6 Å². The van der Waals surface area contributed by atoms with Crippen molar-refractivity contribution in [2.45, 2.75) is 18.4 Å². The van der Waals surface area contributed by atoms with Crippen LogP contribution in [0.2, 0.25) is 5.02 Å². The second-order valence-electron chi connectivity index (χ2n) is 6.59. The number of nitrogens with one attached hydrogen (secondary N) is 1. The number of hydrogen-bond acceptors (Lipinski definition) is 3. The molecule has 0 radical (unpaired) electrons. The van der Waals surface area contributed by atoms with Crippen molar-refractivity contribution < 1.29 is 9.47 Å². The molecule has 25 heavy (non-hydrogen) atoms. The van der Waals surface area contributed by atoms with Crippen LogP contribution in [0.1, 0.15) is 29.5 Å². The van der Waals surface area contributed by atoms with Gasteiger partial charge in [-0.1, -0.05) is 42.0 Å². The Hall–Kier alpha value is -1.97. The Morgan fingerprint density at radius 2 is 2.00 bits per heavy atom. The van der Waals surface area contributed by atoms with Gasteiger partial charge in [-0.05, 0) is 47.7 Å². The zero-order valence-corrected chi connectivity index (χ0v) is 15.0. The van der Waals surface area contributed by atoms with Crippen LogP contribution in [0.4, 0.5) is 5.69 Å². The van der Waals surface area contributed by atoms with E-state index in [1.54, 1.807) is 7.11 Å². The first-order chi connectivity index (χ1) is 12.3.